The summed E-state index contributed by atoms with van der Waals surface area (Å²) in [5, 5.41) is 22.8. The zero-order chi connectivity index (χ0) is 19.2. The van der Waals surface area contributed by atoms with Crippen LogP contribution in [0.3, 0.4) is 0 Å². The molecule has 3 rings (SSSR count). The average Bonchev–Trinajstić information content (AvgIpc) is 2.69. The molecule has 8 nitrogen and oxygen atoms in total. The van der Waals surface area contributed by atoms with E-state index in [1.807, 2.05) is 12.1 Å². The van der Waals surface area contributed by atoms with Gasteiger partial charge in [-0.25, -0.2) is 10.4 Å². The van der Waals surface area contributed by atoms with Crippen molar-refractivity contribution in [2.75, 3.05) is 12.5 Å². The van der Waals surface area contributed by atoms with Crippen molar-refractivity contribution in [1.82, 2.24) is 9.97 Å². The first-order chi connectivity index (χ1) is 13.1. The summed E-state index contributed by atoms with van der Waals surface area (Å²) in [6.45, 7) is 0. The number of anilines is 1. The van der Waals surface area contributed by atoms with E-state index in [0.29, 0.717) is 16.9 Å². The highest BCUT2D eigenvalue weighted by Gasteiger charge is 2.12. The summed E-state index contributed by atoms with van der Waals surface area (Å²) < 4.78 is 5.17. The summed E-state index contributed by atoms with van der Waals surface area (Å²) in [5.74, 6) is 0.598. The number of methoxy groups -OCH3 is 1. The van der Waals surface area contributed by atoms with Crippen molar-refractivity contribution in [3.63, 3.8) is 0 Å². The molecular formula is C19H15N5O3. The lowest BCUT2D eigenvalue weighted by Crippen LogP contribution is -2.16. The molecule has 0 bridgehead atoms. The van der Waals surface area contributed by atoms with Gasteiger partial charge in [0.25, 0.3) is 5.56 Å². The molecule has 2 aromatic carbocycles. The normalized spacial score (nSPS) is 10.5. The van der Waals surface area contributed by atoms with Crippen molar-refractivity contribution in [1.29, 1.82) is 5.26 Å². The van der Waals surface area contributed by atoms with Crippen LogP contribution >= 0.6 is 0 Å². The van der Waals surface area contributed by atoms with Gasteiger partial charge in [0.1, 0.15) is 23.1 Å². The third kappa shape index (κ3) is 3.93. The molecule has 0 saturated heterocycles. The Labute approximate surface area is 154 Å². The Hall–Kier alpha value is -4.12. The van der Waals surface area contributed by atoms with Crippen LogP contribution in [0.2, 0.25) is 0 Å². The highest BCUT2D eigenvalue weighted by atomic mass is 16.5. The molecule has 0 aliphatic rings. The molecule has 0 aliphatic carbocycles. The number of nitrogens with zero attached hydrogens (tertiary/aromatic N) is 3. The number of aromatic amines is 1. The van der Waals surface area contributed by atoms with Gasteiger partial charge in [-0.15, -0.1) is 0 Å². The summed E-state index contributed by atoms with van der Waals surface area (Å²) >= 11 is 0. The van der Waals surface area contributed by atoms with Gasteiger partial charge in [0, 0.05) is 17.2 Å². The van der Waals surface area contributed by atoms with E-state index in [2.05, 4.69) is 20.5 Å². The lowest BCUT2D eigenvalue weighted by molar-refractivity contribution is 0.407. The summed E-state index contributed by atoms with van der Waals surface area (Å²) in [6, 6.07) is 15.4. The van der Waals surface area contributed by atoms with Crippen LogP contribution in [0.15, 0.2) is 58.4 Å². The SMILES string of the molecule is COc1cc(O)ccc1C=NNc1nc(-c2ccccc2)c(C#N)c(=O)[nH]1. The van der Waals surface area contributed by atoms with Crippen LogP contribution in [0.4, 0.5) is 5.95 Å². The number of hydrogen-bond acceptors (Lipinski definition) is 7. The van der Waals surface area contributed by atoms with Crippen LogP contribution in [0.1, 0.15) is 11.1 Å². The van der Waals surface area contributed by atoms with Crippen LogP contribution in [0.5, 0.6) is 11.5 Å². The number of phenolic OH excluding ortho intramolecular Hbond substituents is 1. The molecule has 0 unspecified atom stereocenters. The molecule has 0 atom stereocenters. The van der Waals surface area contributed by atoms with Gasteiger partial charge >= 0.3 is 0 Å². The van der Waals surface area contributed by atoms with E-state index in [1.165, 1.54) is 25.5 Å². The standard InChI is InChI=1S/C19H15N5O3/c1-27-16-9-14(25)8-7-13(16)11-21-24-19-22-17(12-5-3-2-4-6-12)15(10-20)18(26)23-19/h2-9,11,25H,1H3,(H2,22,23,24,26). The Balaban J connectivity index is 1.92. The summed E-state index contributed by atoms with van der Waals surface area (Å²) in [7, 11) is 1.48. The van der Waals surface area contributed by atoms with Gasteiger partial charge < -0.3 is 9.84 Å². The maximum absolute atomic E-state index is 12.2. The Morgan fingerprint density at radius 1 is 1.30 bits per heavy atom. The Bertz CT molecular complexity index is 1080. The lowest BCUT2D eigenvalue weighted by atomic mass is 10.1. The molecule has 8 heteroatoms. The number of aromatic hydroxyl groups is 1. The molecule has 0 fully saturated rings. The number of phenols is 1. The zero-order valence-electron chi connectivity index (χ0n) is 14.3. The number of nitrogens with one attached hydrogen (secondary N) is 2. The van der Waals surface area contributed by atoms with Crippen molar-refractivity contribution < 1.29 is 9.84 Å². The van der Waals surface area contributed by atoms with Crippen molar-refractivity contribution in [2.24, 2.45) is 5.10 Å². The number of ether oxygens (including phenoxy) is 1. The molecule has 0 saturated carbocycles. The molecule has 3 aromatic rings. The van der Waals surface area contributed by atoms with Crippen molar-refractivity contribution in [2.45, 2.75) is 0 Å². The highest BCUT2D eigenvalue weighted by Crippen LogP contribution is 2.22. The predicted molar refractivity (Wildman–Crippen MR) is 101 cm³/mol. The second-order valence-corrected chi connectivity index (χ2v) is 5.41. The van der Waals surface area contributed by atoms with Crippen molar-refractivity contribution in [3.8, 4) is 28.8 Å². The maximum atomic E-state index is 12.2. The first-order valence-corrected chi connectivity index (χ1v) is 7.88. The Morgan fingerprint density at radius 2 is 2.07 bits per heavy atom. The van der Waals surface area contributed by atoms with E-state index in [4.69, 9.17) is 4.74 Å². The molecule has 0 amide bonds. The third-order valence-electron chi connectivity index (χ3n) is 3.67. The van der Waals surface area contributed by atoms with Gasteiger partial charge in [-0.1, -0.05) is 30.3 Å². The Morgan fingerprint density at radius 3 is 2.78 bits per heavy atom. The minimum Gasteiger partial charge on any atom is -0.508 e. The van der Waals surface area contributed by atoms with Crippen LogP contribution in [0.25, 0.3) is 11.3 Å². The molecule has 134 valence electrons. The number of hydrazone groups is 1. The van der Waals surface area contributed by atoms with Gasteiger partial charge in [-0.05, 0) is 12.1 Å². The van der Waals surface area contributed by atoms with Gasteiger partial charge in [-0.3, -0.25) is 9.78 Å². The van der Waals surface area contributed by atoms with E-state index < -0.39 is 5.56 Å². The highest BCUT2D eigenvalue weighted by molar-refractivity contribution is 5.84. The smallest absolute Gasteiger partial charge is 0.270 e. The molecule has 0 radical (unpaired) electrons. The van der Waals surface area contributed by atoms with Crippen LogP contribution in [0, 0.1) is 11.3 Å². The van der Waals surface area contributed by atoms with E-state index >= 15 is 0 Å². The van der Waals surface area contributed by atoms with Crippen molar-refractivity contribution in [3.05, 3.63) is 70.0 Å². The van der Waals surface area contributed by atoms with Crippen LogP contribution in [-0.4, -0.2) is 28.4 Å². The van der Waals surface area contributed by atoms with Crippen LogP contribution in [-0.2, 0) is 0 Å². The zero-order valence-corrected chi connectivity index (χ0v) is 14.3. The lowest BCUT2D eigenvalue weighted by Gasteiger charge is -2.07. The summed E-state index contributed by atoms with van der Waals surface area (Å²) in [4.78, 5) is 18.9. The van der Waals surface area contributed by atoms with E-state index in [-0.39, 0.29) is 23.0 Å². The van der Waals surface area contributed by atoms with Crippen molar-refractivity contribution >= 4 is 12.2 Å². The fraction of sp³-hybridized carbons (Fsp3) is 0.0526. The summed E-state index contributed by atoms with van der Waals surface area (Å²) in [5.41, 5.74) is 3.52. The van der Waals surface area contributed by atoms with Gasteiger partial charge in [0.15, 0.2) is 0 Å². The van der Waals surface area contributed by atoms with Gasteiger partial charge in [0.05, 0.1) is 19.0 Å². The molecule has 1 aromatic heterocycles. The number of H-pyrrole nitrogens is 1. The van der Waals surface area contributed by atoms with Gasteiger partial charge in [0.2, 0.25) is 5.95 Å². The number of hydrogen-bond donors (Lipinski definition) is 3. The molecule has 0 aliphatic heterocycles. The molecular weight excluding hydrogens is 346 g/mol. The predicted octanol–water partition coefficient (Wildman–Crippen LogP) is 2.47. The number of benzene rings is 2. The second kappa shape index (κ2) is 7.84. The molecule has 0 spiro atoms. The molecule has 27 heavy (non-hydrogen) atoms. The average molecular weight is 361 g/mol. The second-order valence-electron chi connectivity index (χ2n) is 5.41. The number of nitriles is 1. The Kier molecular flexibility index (Phi) is 5.14. The first-order valence-electron chi connectivity index (χ1n) is 7.88. The largest absolute Gasteiger partial charge is 0.508 e. The van der Waals surface area contributed by atoms with E-state index in [1.54, 1.807) is 30.3 Å². The third-order valence-corrected chi connectivity index (χ3v) is 3.67. The minimum atomic E-state index is -0.564. The number of rotatable bonds is 5. The van der Waals surface area contributed by atoms with Crippen LogP contribution < -0.4 is 15.7 Å². The van der Waals surface area contributed by atoms with Gasteiger partial charge in [-0.2, -0.15) is 10.4 Å². The fourth-order valence-electron chi connectivity index (χ4n) is 2.40. The molecule has 3 N–H and O–H groups in total. The first kappa shape index (κ1) is 17.7. The fourth-order valence-corrected chi connectivity index (χ4v) is 2.40. The molecule has 1 heterocycles. The monoisotopic (exact) mass is 361 g/mol. The number of aromatic nitrogens is 2. The quantitative estimate of drug-likeness (QED) is 0.474. The minimum absolute atomic E-state index is 0.0718. The topological polar surface area (TPSA) is 123 Å². The van der Waals surface area contributed by atoms with E-state index in [0.717, 1.165) is 0 Å². The summed E-state index contributed by atoms with van der Waals surface area (Å²) in [6.07, 6.45) is 1.46. The maximum Gasteiger partial charge on any atom is 0.270 e. The van der Waals surface area contributed by atoms with E-state index in [9.17, 15) is 15.2 Å².